The molecule has 2 atom stereocenters. The van der Waals surface area contributed by atoms with Crippen molar-refractivity contribution in [1.82, 2.24) is 10.2 Å². The highest BCUT2D eigenvalue weighted by Gasteiger charge is 2.40. The first-order chi connectivity index (χ1) is 9.41. The molecule has 2 unspecified atom stereocenters. The maximum absolute atomic E-state index is 11.7. The number of carbonyl (C=O) groups excluding carboxylic acids is 1. The van der Waals surface area contributed by atoms with E-state index in [9.17, 15) is 14.7 Å². The van der Waals surface area contributed by atoms with Crippen molar-refractivity contribution in [1.29, 1.82) is 0 Å². The molecule has 2 aliphatic rings. The maximum atomic E-state index is 11.7. The first-order valence-electron chi connectivity index (χ1n) is 7.65. The van der Waals surface area contributed by atoms with Gasteiger partial charge in [-0.2, -0.15) is 0 Å². The van der Waals surface area contributed by atoms with Crippen molar-refractivity contribution >= 4 is 11.9 Å². The van der Waals surface area contributed by atoms with E-state index < -0.39 is 11.4 Å². The Labute approximate surface area is 120 Å². The number of aliphatic carboxylic acids is 1. The summed E-state index contributed by atoms with van der Waals surface area (Å²) < 4.78 is 0. The number of likely N-dealkylation sites (tertiary alicyclic amines) is 1. The highest BCUT2D eigenvalue weighted by atomic mass is 16.4. The van der Waals surface area contributed by atoms with E-state index in [0.29, 0.717) is 6.42 Å². The molecular formula is C15H26N2O3. The predicted molar refractivity (Wildman–Crippen MR) is 76.4 cm³/mol. The lowest BCUT2D eigenvalue weighted by Gasteiger charge is -2.42. The van der Waals surface area contributed by atoms with Crippen LogP contribution in [0.2, 0.25) is 0 Å². The molecule has 0 aliphatic carbocycles. The molecular weight excluding hydrogens is 256 g/mol. The van der Waals surface area contributed by atoms with Gasteiger partial charge in [-0.15, -0.1) is 0 Å². The van der Waals surface area contributed by atoms with Gasteiger partial charge in [0.2, 0.25) is 5.91 Å². The van der Waals surface area contributed by atoms with Gasteiger partial charge < -0.3 is 10.4 Å². The van der Waals surface area contributed by atoms with Crippen molar-refractivity contribution in [2.45, 2.75) is 52.0 Å². The number of nitrogens with zero attached hydrogens (tertiary/aromatic N) is 1. The zero-order valence-corrected chi connectivity index (χ0v) is 12.5. The number of piperidine rings is 1. The average Bonchev–Trinajstić information content (AvgIpc) is 2.63. The lowest BCUT2D eigenvalue weighted by Crippen LogP contribution is -2.48. The second-order valence-corrected chi connectivity index (χ2v) is 6.71. The normalized spacial score (nSPS) is 29.6. The fourth-order valence-electron chi connectivity index (χ4n) is 3.37. The molecule has 114 valence electrons. The molecule has 0 radical (unpaired) electrons. The SMILES string of the molecule is CC(C)(C(=O)O)C1CCCN(C2CCCNC(=O)C2)C1. The Hall–Kier alpha value is -1.10. The molecule has 2 saturated heterocycles. The maximum Gasteiger partial charge on any atom is 0.309 e. The van der Waals surface area contributed by atoms with Crippen LogP contribution in [0.1, 0.15) is 46.0 Å². The molecule has 2 fully saturated rings. The summed E-state index contributed by atoms with van der Waals surface area (Å²) in [7, 11) is 0. The minimum Gasteiger partial charge on any atom is -0.481 e. The fraction of sp³-hybridized carbons (Fsp3) is 0.867. The lowest BCUT2D eigenvalue weighted by molar-refractivity contribution is -0.151. The monoisotopic (exact) mass is 282 g/mol. The summed E-state index contributed by atoms with van der Waals surface area (Å²) in [5, 5.41) is 12.3. The van der Waals surface area contributed by atoms with Gasteiger partial charge in [0, 0.05) is 25.6 Å². The van der Waals surface area contributed by atoms with Gasteiger partial charge in [0.1, 0.15) is 0 Å². The molecule has 0 saturated carbocycles. The van der Waals surface area contributed by atoms with E-state index in [0.717, 1.165) is 45.3 Å². The summed E-state index contributed by atoms with van der Waals surface area (Å²) in [6.45, 7) is 6.21. The summed E-state index contributed by atoms with van der Waals surface area (Å²) in [6, 6.07) is 0.282. The predicted octanol–water partition coefficient (Wildman–Crippen LogP) is 1.48. The minimum atomic E-state index is -0.719. The second-order valence-electron chi connectivity index (χ2n) is 6.71. The molecule has 2 N–H and O–H groups in total. The second kappa shape index (κ2) is 6.12. The smallest absolute Gasteiger partial charge is 0.309 e. The van der Waals surface area contributed by atoms with Gasteiger partial charge in [-0.1, -0.05) is 0 Å². The highest BCUT2D eigenvalue weighted by Crippen LogP contribution is 2.35. The summed E-state index contributed by atoms with van der Waals surface area (Å²) >= 11 is 0. The zero-order chi connectivity index (χ0) is 14.8. The lowest BCUT2D eigenvalue weighted by atomic mass is 9.74. The van der Waals surface area contributed by atoms with Crippen molar-refractivity contribution in [3.63, 3.8) is 0 Å². The van der Waals surface area contributed by atoms with Gasteiger partial charge in [0.05, 0.1) is 5.41 Å². The van der Waals surface area contributed by atoms with Crippen LogP contribution in [-0.2, 0) is 9.59 Å². The quantitative estimate of drug-likeness (QED) is 0.822. The average molecular weight is 282 g/mol. The topological polar surface area (TPSA) is 69.6 Å². The summed E-state index contributed by atoms with van der Waals surface area (Å²) in [6.07, 6.45) is 4.59. The molecule has 1 amide bonds. The van der Waals surface area contributed by atoms with Crippen molar-refractivity contribution in [2.75, 3.05) is 19.6 Å². The number of hydrogen-bond donors (Lipinski definition) is 2. The van der Waals surface area contributed by atoms with Crippen LogP contribution in [0.5, 0.6) is 0 Å². The molecule has 5 nitrogen and oxygen atoms in total. The van der Waals surface area contributed by atoms with Gasteiger partial charge in [-0.25, -0.2) is 0 Å². The standard InChI is InChI=1S/C15H26N2O3/c1-15(2,14(19)20)11-5-4-8-17(10-11)12-6-3-7-16-13(18)9-12/h11-12H,3-10H2,1-2H3,(H,16,18)(H,19,20). The zero-order valence-electron chi connectivity index (χ0n) is 12.5. The minimum absolute atomic E-state index is 0.132. The Bertz CT molecular complexity index is 381. The van der Waals surface area contributed by atoms with Crippen LogP contribution in [0, 0.1) is 11.3 Å². The van der Waals surface area contributed by atoms with Crippen molar-refractivity contribution < 1.29 is 14.7 Å². The van der Waals surface area contributed by atoms with Gasteiger partial charge in [-0.05, 0) is 52.0 Å². The van der Waals surface area contributed by atoms with Crippen molar-refractivity contribution in [3.05, 3.63) is 0 Å². The summed E-state index contributed by atoms with van der Waals surface area (Å²) in [5.74, 6) is -0.421. The van der Waals surface area contributed by atoms with Crippen LogP contribution in [0.3, 0.4) is 0 Å². The largest absolute Gasteiger partial charge is 0.481 e. The highest BCUT2D eigenvalue weighted by molar-refractivity contribution is 5.76. The summed E-state index contributed by atoms with van der Waals surface area (Å²) in [5.41, 5.74) is -0.689. The number of carbonyl (C=O) groups is 2. The number of amides is 1. The molecule has 0 aromatic rings. The molecule has 2 aliphatic heterocycles. The first kappa shape index (κ1) is 15.3. The van der Waals surface area contributed by atoms with E-state index in [-0.39, 0.29) is 17.9 Å². The van der Waals surface area contributed by atoms with Crippen LogP contribution >= 0.6 is 0 Å². The number of nitrogens with one attached hydrogen (secondary N) is 1. The molecule has 0 aromatic heterocycles. The van der Waals surface area contributed by atoms with E-state index in [4.69, 9.17) is 0 Å². The Kier molecular flexibility index (Phi) is 4.68. The molecule has 2 heterocycles. The number of rotatable bonds is 3. The number of carboxylic acid groups (broad SMARTS) is 1. The molecule has 0 spiro atoms. The van der Waals surface area contributed by atoms with Crippen LogP contribution in [-0.4, -0.2) is 47.6 Å². The molecule has 20 heavy (non-hydrogen) atoms. The van der Waals surface area contributed by atoms with E-state index in [1.807, 2.05) is 13.8 Å². The van der Waals surface area contributed by atoms with Gasteiger partial charge in [0.15, 0.2) is 0 Å². The Morgan fingerprint density at radius 2 is 2.10 bits per heavy atom. The first-order valence-corrected chi connectivity index (χ1v) is 7.65. The van der Waals surface area contributed by atoms with E-state index in [1.165, 1.54) is 0 Å². The van der Waals surface area contributed by atoms with E-state index in [1.54, 1.807) is 0 Å². The van der Waals surface area contributed by atoms with Gasteiger partial charge in [0.25, 0.3) is 0 Å². The van der Waals surface area contributed by atoms with Crippen LogP contribution in [0.15, 0.2) is 0 Å². The third kappa shape index (κ3) is 3.32. The van der Waals surface area contributed by atoms with Crippen LogP contribution < -0.4 is 5.32 Å². The molecule has 0 bridgehead atoms. The molecule has 0 aromatic carbocycles. The van der Waals surface area contributed by atoms with E-state index >= 15 is 0 Å². The van der Waals surface area contributed by atoms with Gasteiger partial charge >= 0.3 is 5.97 Å². The number of carboxylic acids is 1. The Morgan fingerprint density at radius 1 is 1.35 bits per heavy atom. The van der Waals surface area contributed by atoms with Gasteiger partial charge in [-0.3, -0.25) is 14.5 Å². The Balaban J connectivity index is 2.02. The molecule has 2 rings (SSSR count). The van der Waals surface area contributed by atoms with Crippen LogP contribution in [0.4, 0.5) is 0 Å². The fourth-order valence-corrected chi connectivity index (χ4v) is 3.37. The Morgan fingerprint density at radius 3 is 2.80 bits per heavy atom. The number of hydrogen-bond acceptors (Lipinski definition) is 3. The molecule has 5 heteroatoms. The summed E-state index contributed by atoms with van der Waals surface area (Å²) in [4.78, 5) is 25.5. The van der Waals surface area contributed by atoms with Crippen LogP contribution in [0.25, 0.3) is 0 Å². The van der Waals surface area contributed by atoms with Crippen molar-refractivity contribution in [3.8, 4) is 0 Å². The third-order valence-electron chi connectivity index (χ3n) is 5.00. The third-order valence-corrected chi connectivity index (χ3v) is 5.00. The van der Waals surface area contributed by atoms with E-state index in [2.05, 4.69) is 10.2 Å². The van der Waals surface area contributed by atoms with Crippen molar-refractivity contribution in [2.24, 2.45) is 11.3 Å².